The predicted molar refractivity (Wildman–Crippen MR) is 79.1 cm³/mol. The Labute approximate surface area is 123 Å². The van der Waals surface area contributed by atoms with Gasteiger partial charge >= 0.3 is 0 Å². The zero-order valence-corrected chi connectivity index (χ0v) is 12.1. The van der Waals surface area contributed by atoms with Crippen LogP contribution in [0, 0.1) is 10.1 Å². The van der Waals surface area contributed by atoms with E-state index >= 15 is 0 Å². The molecule has 1 atom stereocenters. The van der Waals surface area contributed by atoms with Gasteiger partial charge in [-0.3, -0.25) is 14.9 Å². The van der Waals surface area contributed by atoms with Crippen molar-refractivity contribution in [3.8, 4) is 5.75 Å². The van der Waals surface area contributed by atoms with Crippen LogP contribution in [0.1, 0.15) is 26.2 Å². The molecule has 0 bridgehead atoms. The van der Waals surface area contributed by atoms with Crippen LogP contribution in [-0.4, -0.2) is 30.0 Å². The quantitative estimate of drug-likeness (QED) is 0.531. The zero-order chi connectivity index (χ0) is 15.7. The molecule has 1 aromatic carbocycles. The number of ether oxygens (including phenoxy) is 1. The molecule has 7 nitrogen and oxygen atoms in total. The van der Waals surface area contributed by atoms with Crippen molar-refractivity contribution in [2.45, 2.75) is 32.2 Å². The number of carbonyl (C=O) groups excluding carboxylic acids is 1. The maximum absolute atomic E-state index is 11.7. The lowest BCUT2D eigenvalue weighted by Crippen LogP contribution is -2.42. The summed E-state index contributed by atoms with van der Waals surface area (Å²) in [6.07, 6.45) is 2.90. The first-order valence-electron chi connectivity index (χ1n) is 6.93. The minimum absolute atomic E-state index is 0.0189. The second kappa shape index (κ2) is 8.91. The lowest BCUT2D eigenvalue weighted by molar-refractivity contribution is -0.384. The highest BCUT2D eigenvalue weighted by Crippen LogP contribution is 2.17. The molecule has 0 fully saturated rings. The first-order chi connectivity index (χ1) is 10.1. The molecule has 21 heavy (non-hydrogen) atoms. The van der Waals surface area contributed by atoms with Gasteiger partial charge in [-0.2, -0.15) is 0 Å². The van der Waals surface area contributed by atoms with Crippen LogP contribution in [0.4, 0.5) is 5.69 Å². The molecule has 0 aliphatic rings. The van der Waals surface area contributed by atoms with Crippen LogP contribution in [0.5, 0.6) is 5.75 Å². The monoisotopic (exact) mass is 295 g/mol. The van der Waals surface area contributed by atoms with Crippen molar-refractivity contribution in [3.63, 3.8) is 0 Å². The molecule has 3 N–H and O–H groups in total. The summed E-state index contributed by atoms with van der Waals surface area (Å²) in [6, 6.07) is 5.54. The lowest BCUT2D eigenvalue weighted by atomic mass is 10.1. The van der Waals surface area contributed by atoms with Crippen molar-refractivity contribution < 1.29 is 14.5 Å². The van der Waals surface area contributed by atoms with E-state index in [1.165, 1.54) is 24.3 Å². The molecule has 0 radical (unpaired) electrons. The first-order valence-corrected chi connectivity index (χ1v) is 6.93. The average Bonchev–Trinajstić information content (AvgIpc) is 2.49. The predicted octanol–water partition coefficient (Wildman–Crippen LogP) is 1.61. The number of unbranched alkanes of at least 4 members (excludes halogenated alkanes) is 1. The van der Waals surface area contributed by atoms with E-state index in [0.29, 0.717) is 12.3 Å². The summed E-state index contributed by atoms with van der Waals surface area (Å²) in [4.78, 5) is 21.7. The molecule has 1 aromatic rings. The van der Waals surface area contributed by atoms with Crippen molar-refractivity contribution in [3.05, 3.63) is 34.4 Å². The maximum Gasteiger partial charge on any atom is 0.269 e. The number of nitro benzene ring substituents is 1. The van der Waals surface area contributed by atoms with E-state index in [9.17, 15) is 14.9 Å². The van der Waals surface area contributed by atoms with Crippen LogP contribution in [-0.2, 0) is 4.79 Å². The van der Waals surface area contributed by atoms with E-state index in [1.54, 1.807) is 0 Å². The SMILES string of the molecule is CCCCC(CN)NC(=O)COc1ccc([N+](=O)[O-])cc1. The highest BCUT2D eigenvalue weighted by Gasteiger charge is 2.11. The van der Waals surface area contributed by atoms with Crippen molar-refractivity contribution in [1.82, 2.24) is 5.32 Å². The zero-order valence-electron chi connectivity index (χ0n) is 12.1. The van der Waals surface area contributed by atoms with E-state index in [-0.39, 0.29) is 24.2 Å². The van der Waals surface area contributed by atoms with Gasteiger partial charge in [0.25, 0.3) is 11.6 Å². The number of hydrogen-bond acceptors (Lipinski definition) is 5. The number of non-ortho nitro benzene ring substituents is 1. The molecule has 1 unspecified atom stereocenters. The van der Waals surface area contributed by atoms with Gasteiger partial charge in [0.05, 0.1) is 4.92 Å². The molecular formula is C14H21N3O4. The number of benzene rings is 1. The first kappa shape index (κ1) is 16.9. The Bertz CT molecular complexity index is 462. The standard InChI is InChI=1S/C14H21N3O4/c1-2-3-4-11(9-15)16-14(18)10-21-13-7-5-12(6-8-13)17(19)20/h5-8,11H,2-4,9-10,15H2,1H3,(H,16,18). The van der Waals surface area contributed by atoms with Gasteiger partial charge in [0.15, 0.2) is 6.61 Å². The number of nitrogens with zero attached hydrogens (tertiary/aromatic N) is 1. The lowest BCUT2D eigenvalue weighted by Gasteiger charge is -2.16. The van der Waals surface area contributed by atoms with Crippen LogP contribution >= 0.6 is 0 Å². The summed E-state index contributed by atoms with van der Waals surface area (Å²) in [5.74, 6) is 0.161. The average molecular weight is 295 g/mol. The third-order valence-electron chi connectivity index (χ3n) is 2.97. The van der Waals surface area contributed by atoms with Gasteiger partial charge < -0.3 is 15.8 Å². The highest BCUT2D eigenvalue weighted by molar-refractivity contribution is 5.77. The topological polar surface area (TPSA) is 107 Å². The molecule has 0 spiro atoms. The maximum atomic E-state index is 11.7. The molecule has 0 saturated heterocycles. The van der Waals surface area contributed by atoms with Gasteiger partial charge in [-0.05, 0) is 18.6 Å². The van der Waals surface area contributed by atoms with Crippen molar-refractivity contribution in [2.75, 3.05) is 13.2 Å². The van der Waals surface area contributed by atoms with Crippen LogP contribution in [0.15, 0.2) is 24.3 Å². The van der Waals surface area contributed by atoms with Gasteiger partial charge in [-0.25, -0.2) is 0 Å². The minimum atomic E-state index is -0.490. The number of hydrogen-bond donors (Lipinski definition) is 2. The number of carbonyl (C=O) groups is 1. The Kier molecular flexibility index (Phi) is 7.17. The number of rotatable bonds is 9. The third kappa shape index (κ3) is 6.22. The summed E-state index contributed by atoms with van der Waals surface area (Å²) in [5.41, 5.74) is 5.58. The highest BCUT2D eigenvalue weighted by atomic mass is 16.6. The number of amides is 1. The molecule has 1 rings (SSSR count). The van der Waals surface area contributed by atoms with Gasteiger partial charge in [0, 0.05) is 24.7 Å². The second-order valence-corrected chi connectivity index (χ2v) is 4.68. The van der Waals surface area contributed by atoms with Gasteiger partial charge in [0.2, 0.25) is 0 Å². The molecule has 0 saturated carbocycles. The molecule has 1 amide bonds. The van der Waals surface area contributed by atoms with E-state index in [0.717, 1.165) is 19.3 Å². The van der Waals surface area contributed by atoms with Gasteiger partial charge in [-0.1, -0.05) is 19.8 Å². The van der Waals surface area contributed by atoms with Crippen LogP contribution in [0.2, 0.25) is 0 Å². The smallest absolute Gasteiger partial charge is 0.269 e. The Balaban J connectivity index is 2.39. The molecule has 116 valence electrons. The van der Waals surface area contributed by atoms with Crippen molar-refractivity contribution in [1.29, 1.82) is 0 Å². The fraction of sp³-hybridized carbons (Fsp3) is 0.500. The van der Waals surface area contributed by atoms with Crippen molar-refractivity contribution in [2.24, 2.45) is 5.73 Å². The van der Waals surface area contributed by atoms with Crippen LogP contribution < -0.4 is 15.8 Å². The molecule has 0 aromatic heterocycles. The Morgan fingerprint density at radius 3 is 2.62 bits per heavy atom. The normalized spacial score (nSPS) is 11.7. The van der Waals surface area contributed by atoms with Crippen LogP contribution in [0.25, 0.3) is 0 Å². The third-order valence-corrected chi connectivity index (χ3v) is 2.97. The number of nitrogens with two attached hydrogens (primary N) is 1. The summed E-state index contributed by atoms with van der Waals surface area (Å²) in [5, 5.41) is 13.3. The molecule has 0 aliphatic heterocycles. The molecular weight excluding hydrogens is 274 g/mol. The number of nitro groups is 1. The summed E-state index contributed by atoms with van der Waals surface area (Å²) in [7, 11) is 0. The van der Waals surface area contributed by atoms with E-state index in [4.69, 9.17) is 10.5 Å². The minimum Gasteiger partial charge on any atom is -0.484 e. The van der Waals surface area contributed by atoms with E-state index in [1.807, 2.05) is 0 Å². The fourth-order valence-corrected chi connectivity index (χ4v) is 1.78. The van der Waals surface area contributed by atoms with E-state index < -0.39 is 4.92 Å². The number of nitrogens with one attached hydrogen (secondary N) is 1. The fourth-order valence-electron chi connectivity index (χ4n) is 1.78. The molecule has 0 heterocycles. The van der Waals surface area contributed by atoms with Gasteiger partial charge in [-0.15, -0.1) is 0 Å². The molecule has 0 aliphatic carbocycles. The summed E-state index contributed by atoms with van der Waals surface area (Å²) in [6.45, 7) is 2.33. The van der Waals surface area contributed by atoms with Gasteiger partial charge in [0.1, 0.15) is 5.75 Å². The summed E-state index contributed by atoms with van der Waals surface area (Å²) >= 11 is 0. The Morgan fingerprint density at radius 1 is 1.43 bits per heavy atom. The van der Waals surface area contributed by atoms with Crippen molar-refractivity contribution >= 4 is 11.6 Å². The Morgan fingerprint density at radius 2 is 2.10 bits per heavy atom. The largest absolute Gasteiger partial charge is 0.484 e. The second-order valence-electron chi connectivity index (χ2n) is 4.68. The van der Waals surface area contributed by atoms with Crippen LogP contribution in [0.3, 0.4) is 0 Å². The van der Waals surface area contributed by atoms with E-state index in [2.05, 4.69) is 12.2 Å². The molecule has 7 heteroatoms. The Hall–Kier alpha value is -2.15. The summed E-state index contributed by atoms with van der Waals surface area (Å²) < 4.78 is 5.28.